The summed E-state index contributed by atoms with van der Waals surface area (Å²) < 4.78 is 0. The molecule has 0 bridgehead atoms. The van der Waals surface area contributed by atoms with Gasteiger partial charge in [0.05, 0.1) is 18.1 Å². The second-order valence-corrected chi connectivity index (χ2v) is 6.29. The summed E-state index contributed by atoms with van der Waals surface area (Å²) in [6.45, 7) is 1.63. The van der Waals surface area contributed by atoms with Crippen molar-refractivity contribution in [2.24, 2.45) is 0 Å². The second kappa shape index (κ2) is 8.15. The van der Waals surface area contributed by atoms with Gasteiger partial charge in [0, 0.05) is 5.69 Å². The topological polar surface area (TPSA) is 82.0 Å². The minimum Gasteiger partial charge on any atom is -0.344 e. The van der Waals surface area contributed by atoms with Crippen LogP contribution in [0.3, 0.4) is 0 Å². The van der Waals surface area contributed by atoms with Crippen LogP contribution in [0, 0.1) is 11.3 Å². The number of fused-ring (bicyclic) bond motifs is 1. The largest absolute Gasteiger partial charge is 0.344 e. The van der Waals surface area contributed by atoms with Crippen molar-refractivity contribution in [2.75, 3.05) is 5.32 Å². The van der Waals surface area contributed by atoms with Gasteiger partial charge in [-0.05, 0) is 41.5 Å². The van der Waals surface area contributed by atoms with E-state index in [2.05, 4.69) is 10.6 Å². The van der Waals surface area contributed by atoms with E-state index in [1.54, 1.807) is 31.2 Å². The zero-order valence-corrected chi connectivity index (χ0v) is 14.9. The van der Waals surface area contributed by atoms with Crippen LogP contribution in [-0.4, -0.2) is 17.9 Å². The lowest BCUT2D eigenvalue weighted by atomic mass is 10.0. The molecule has 3 aromatic rings. The van der Waals surface area contributed by atoms with Gasteiger partial charge in [-0.2, -0.15) is 5.26 Å². The fourth-order valence-electron chi connectivity index (χ4n) is 2.89. The first-order chi connectivity index (χ1) is 13.1. The van der Waals surface area contributed by atoms with E-state index in [-0.39, 0.29) is 18.2 Å². The molecule has 0 saturated carbocycles. The third-order valence-corrected chi connectivity index (χ3v) is 4.26. The lowest BCUT2D eigenvalue weighted by Crippen LogP contribution is -2.42. The Balaban J connectivity index is 1.63. The number of anilines is 1. The third kappa shape index (κ3) is 4.50. The molecule has 0 fully saturated rings. The highest BCUT2D eigenvalue weighted by atomic mass is 16.2. The Bertz CT molecular complexity index is 1030. The highest BCUT2D eigenvalue weighted by molar-refractivity contribution is 5.98. The van der Waals surface area contributed by atoms with Crippen LogP contribution >= 0.6 is 0 Å². The summed E-state index contributed by atoms with van der Waals surface area (Å²) in [5.41, 5.74) is 1.90. The normalized spacial score (nSPS) is 11.4. The summed E-state index contributed by atoms with van der Waals surface area (Å²) in [6.07, 6.45) is 0.197. The Morgan fingerprint density at radius 2 is 1.78 bits per heavy atom. The van der Waals surface area contributed by atoms with Gasteiger partial charge in [-0.25, -0.2) is 0 Å². The molecule has 0 aliphatic heterocycles. The molecule has 3 aromatic carbocycles. The van der Waals surface area contributed by atoms with Gasteiger partial charge >= 0.3 is 0 Å². The van der Waals surface area contributed by atoms with Crippen molar-refractivity contribution in [2.45, 2.75) is 19.4 Å². The van der Waals surface area contributed by atoms with E-state index in [0.29, 0.717) is 11.3 Å². The Kier molecular flexibility index (Phi) is 5.48. The zero-order chi connectivity index (χ0) is 19.2. The molecule has 0 aliphatic carbocycles. The summed E-state index contributed by atoms with van der Waals surface area (Å²) in [4.78, 5) is 24.7. The summed E-state index contributed by atoms with van der Waals surface area (Å²) in [5.74, 6) is -0.559. The summed E-state index contributed by atoms with van der Waals surface area (Å²) >= 11 is 0. The molecular formula is C22H19N3O2. The van der Waals surface area contributed by atoms with Gasteiger partial charge in [-0.15, -0.1) is 0 Å². The molecule has 0 unspecified atom stereocenters. The van der Waals surface area contributed by atoms with Crippen molar-refractivity contribution in [3.63, 3.8) is 0 Å². The molecule has 0 spiro atoms. The lowest BCUT2D eigenvalue weighted by molar-refractivity contribution is -0.125. The first-order valence-corrected chi connectivity index (χ1v) is 8.64. The summed E-state index contributed by atoms with van der Waals surface area (Å²) in [5, 5.41) is 16.5. The molecule has 2 N–H and O–H groups in total. The lowest BCUT2D eigenvalue weighted by Gasteiger charge is -2.15. The number of nitrogens with one attached hydrogen (secondary N) is 2. The molecule has 0 radical (unpaired) electrons. The van der Waals surface area contributed by atoms with Crippen molar-refractivity contribution in [1.82, 2.24) is 5.32 Å². The molecule has 5 nitrogen and oxygen atoms in total. The third-order valence-electron chi connectivity index (χ3n) is 4.26. The maximum Gasteiger partial charge on any atom is 0.246 e. The fourth-order valence-corrected chi connectivity index (χ4v) is 2.89. The predicted molar refractivity (Wildman–Crippen MR) is 105 cm³/mol. The molecule has 1 atom stereocenters. The maximum atomic E-state index is 12.4. The first kappa shape index (κ1) is 18.2. The number of benzene rings is 3. The molecule has 0 aliphatic rings. The Morgan fingerprint density at radius 1 is 1.04 bits per heavy atom. The zero-order valence-electron chi connectivity index (χ0n) is 14.9. The van der Waals surface area contributed by atoms with E-state index in [0.717, 1.165) is 16.3 Å². The van der Waals surface area contributed by atoms with E-state index >= 15 is 0 Å². The van der Waals surface area contributed by atoms with Gasteiger partial charge in [0.15, 0.2) is 0 Å². The minimum atomic E-state index is -0.696. The van der Waals surface area contributed by atoms with E-state index < -0.39 is 6.04 Å². The van der Waals surface area contributed by atoms with Gasteiger partial charge in [0.25, 0.3) is 0 Å². The van der Waals surface area contributed by atoms with Gasteiger partial charge in [-0.3, -0.25) is 9.59 Å². The van der Waals surface area contributed by atoms with Crippen LogP contribution in [0.1, 0.15) is 18.1 Å². The molecule has 0 heterocycles. The SMILES string of the molecule is C[C@@H](NC(=O)Cc1cccc2ccccc12)C(=O)Nc1cccc(C#N)c1. The van der Waals surface area contributed by atoms with Gasteiger partial charge in [0.1, 0.15) is 6.04 Å². The van der Waals surface area contributed by atoms with Crippen LogP contribution in [0.5, 0.6) is 0 Å². The predicted octanol–water partition coefficient (Wildman–Crippen LogP) is 3.40. The summed E-state index contributed by atoms with van der Waals surface area (Å²) in [7, 11) is 0. The smallest absolute Gasteiger partial charge is 0.246 e. The Morgan fingerprint density at radius 3 is 2.59 bits per heavy atom. The standard InChI is InChI=1S/C22H19N3O2/c1-15(22(27)25-19-10-4-6-16(12-19)14-23)24-21(26)13-18-9-5-8-17-7-2-3-11-20(17)18/h2-12,15H,13H2,1H3,(H,24,26)(H,25,27)/t15-/m1/s1. The van der Waals surface area contributed by atoms with Gasteiger partial charge in [0.2, 0.25) is 11.8 Å². The molecular weight excluding hydrogens is 338 g/mol. The second-order valence-electron chi connectivity index (χ2n) is 6.29. The average molecular weight is 357 g/mol. The molecule has 5 heteroatoms. The first-order valence-electron chi connectivity index (χ1n) is 8.64. The van der Waals surface area contributed by atoms with E-state index in [1.165, 1.54) is 0 Å². The van der Waals surface area contributed by atoms with Crippen LogP contribution in [0.15, 0.2) is 66.7 Å². The molecule has 3 rings (SSSR count). The Hall–Kier alpha value is -3.65. The van der Waals surface area contributed by atoms with E-state index in [4.69, 9.17) is 5.26 Å². The maximum absolute atomic E-state index is 12.4. The number of carbonyl (C=O) groups is 2. The van der Waals surface area contributed by atoms with Crippen LogP contribution in [0.25, 0.3) is 10.8 Å². The molecule has 0 saturated heterocycles. The Labute approximate surface area is 157 Å². The van der Waals surface area contributed by atoms with Crippen molar-refractivity contribution in [3.8, 4) is 6.07 Å². The van der Waals surface area contributed by atoms with Crippen molar-refractivity contribution < 1.29 is 9.59 Å². The number of nitrogens with zero attached hydrogens (tertiary/aromatic N) is 1. The van der Waals surface area contributed by atoms with Crippen molar-refractivity contribution in [1.29, 1.82) is 5.26 Å². The molecule has 27 heavy (non-hydrogen) atoms. The quantitative estimate of drug-likeness (QED) is 0.734. The number of amides is 2. The number of nitriles is 1. The minimum absolute atomic E-state index is 0.197. The molecule has 134 valence electrons. The van der Waals surface area contributed by atoms with Crippen LogP contribution < -0.4 is 10.6 Å². The van der Waals surface area contributed by atoms with E-state index in [1.807, 2.05) is 48.5 Å². The number of hydrogen-bond acceptors (Lipinski definition) is 3. The van der Waals surface area contributed by atoms with Crippen molar-refractivity contribution >= 4 is 28.3 Å². The van der Waals surface area contributed by atoms with Crippen LogP contribution in [-0.2, 0) is 16.0 Å². The van der Waals surface area contributed by atoms with Crippen LogP contribution in [0.2, 0.25) is 0 Å². The number of carbonyl (C=O) groups excluding carboxylic acids is 2. The highest BCUT2D eigenvalue weighted by Gasteiger charge is 2.16. The van der Waals surface area contributed by atoms with Crippen molar-refractivity contribution in [3.05, 3.63) is 77.9 Å². The van der Waals surface area contributed by atoms with Gasteiger partial charge in [-0.1, -0.05) is 48.5 Å². The number of hydrogen-bond donors (Lipinski definition) is 2. The summed E-state index contributed by atoms with van der Waals surface area (Å²) in [6, 6.07) is 21.7. The fraction of sp³-hybridized carbons (Fsp3) is 0.136. The monoisotopic (exact) mass is 357 g/mol. The average Bonchev–Trinajstić information content (AvgIpc) is 2.68. The molecule has 0 aromatic heterocycles. The highest BCUT2D eigenvalue weighted by Crippen LogP contribution is 2.19. The van der Waals surface area contributed by atoms with Gasteiger partial charge < -0.3 is 10.6 Å². The number of rotatable bonds is 5. The van der Waals surface area contributed by atoms with E-state index in [9.17, 15) is 9.59 Å². The van der Waals surface area contributed by atoms with Crippen LogP contribution in [0.4, 0.5) is 5.69 Å². The molecule has 2 amide bonds.